The van der Waals surface area contributed by atoms with E-state index in [1.807, 2.05) is 50.2 Å². The van der Waals surface area contributed by atoms with Crippen LogP contribution in [0.1, 0.15) is 24.5 Å². The average Bonchev–Trinajstić information content (AvgIpc) is 3.03. The Kier molecular flexibility index (Phi) is 6.75. The zero-order valence-corrected chi connectivity index (χ0v) is 17.8. The first-order chi connectivity index (χ1) is 13.5. The topological polar surface area (TPSA) is 59.8 Å². The molecule has 1 amide bonds. The number of benzene rings is 2. The van der Waals surface area contributed by atoms with Gasteiger partial charge < -0.3 is 9.88 Å². The molecule has 0 aliphatic carbocycles. The Morgan fingerprint density at radius 1 is 1.11 bits per heavy atom. The third-order valence-electron chi connectivity index (χ3n) is 4.10. The summed E-state index contributed by atoms with van der Waals surface area (Å²) in [6.45, 7) is 6.92. The first-order valence-corrected chi connectivity index (χ1v) is 10.5. The van der Waals surface area contributed by atoms with Gasteiger partial charge in [-0.15, -0.1) is 10.2 Å². The van der Waals surface area contributed by atoms with Crippen molar-refractivity contribution in [2.75, 3.05) is 11.1 Å². The average molecular weight is 415 g/mol. The number of aromatic nitrogens is 3. The maximum Gasteiger partial charge on any atom is 0.234 e. The standard InChI is InChI=1S/C21H23ClN4OS/c1-4-9-26-20(16-5-7-17(22)8-6-16)24-25-21(26)28-13-19(27)23-18-11-14(2)10-15(3)12-18/h5-8,10-12H,4,9,13H2,1-3H3,(H,23,27). The van der Waals surface area contributed by atoms with Crippen molar-refractivity contribution >= 4 is 35.0 Å². The van der Waals surface area contributed by atoms with E-state index in [1.165, 1.54) is 11.8 Å². The van der Waals surface area contributed by atoms with Crippen LogP contribution in [0.2, 0.25) is 5.02 Å². The monoisotopic (exact) mass is 414 g/mol. The number of rotatable bonds is 7. The van der Waals surface area contributed by atoms with E-state index in [4.69, 9.17) is 11.6 Å². The maximum atomic E-state index is 12.4. The van der Waals surface area contributed by atoms with Gasteiger partial charge in [0, 0.05) is 22.8 Å². The largest absolute Gasteiger partial charge is 0.325 e. The number of nitrogens with zero attached hydrogens (tertiary/aromatic N) is 3. The van der Waals surface area contributed by atoms with E-state index in [-0.39, 0.29) is 11.7 Å². The molecule has 5 nitrogen and oxygen atoms in total. The summed E-state index contributed by atoms with van der Waals surface area (Å²) in [5.74, 6) is 1.000. The van der Waals surface area contributed by atoms with E-state index >= 15 is 0 Å². The number of thioether (sulfide) groups is 1. The summed E-state index contributed by atoms with van der Waals surface area (Å²) < 4.78 is 2.05. The second-order valence-electron chi connectivity index (χ2n) is 6.68. The van der Waals surface area contributed by atoms with Crippen LogP contribution in [-0.4, -0.2) is 26.4 Å². The van der Waals surface area contributed by atoms with Gasteiger partial charge in [0.05, 0.1) is 5.75 Å². The van der Waals surface area contributed by atoms with Crippen LogP contribution < -0.4 is 5.32 Å². The van der Waals surface area contributed by atoms with Gasteiger partial charge in [0.2, 0.25) is 5.91 Å². The van der Waals surface area contributed by atoms with Crippen LogP contribution in [0.3, 0.4) is 0 Å². The molecule has 7 heteroatoms. The third-order valence-corrected chi connectivity index (χ3v) is 5.32. The van der Waals surface area contributed by atoms with Crippen molar-refractivity contribution in [1.82, 2.24) is 14.8 Å². The highest BCUT2D eigenvalue weighted by Crippen LogP contribution is 2.25. The molecule has 0 fully saturated rings. The predicted molar refractivity (Wildman–Crippen MR) is 116 cm³/mol. The van der Waals surface area contributed by atoms with Gasteiger partial charge in [0.15, 0.2) is 11.0 Å². The highest BCUT2D eigenvalue weighted by Gasteiger charge is 2.15. The second kappa shape index (κ2) is 9.26. The molecule has 0 spiro atoms. The number of carbonyl (C=O) groups is 1. The zero-order chi connectivity index (χ0) is 20.1. The molecular weight excluding hydrogens is 392 g/mol. The summed E-state index contributed by atoms with van der Waals surface area (Å²) in [5, 5.41) is 13.0. The van der Waals surface area contributed by atoms with Crippen LogP contribution >= 0.6 is 23.4 Å². The molecule has 0 bridgehead atoms. The molecule has 0 unspecified atom stereocenters. The Labute approximate surface area is 174 Å². The summed E-state index contributed by atoms with van der Waals surface area (Å²) in [4.78, 5) is 12.4. The lowest BCUT2D eigenvalue weighted by Gasteiger charge is -2.10. The van der Waals surface area contributed by atoms with Crippen molar-refractivity contribution in [2.45, 2.75) is 38.9 Å². The molecule has 1 N–H and O–H groups in total. The Bertz CT molecular complexity index is 949. The minimum Gasteiger partial charge on any atom is -0.325 e. The lowest BCUT2D eigenvalue weighted by Crippen LogP contribution is -2.15. The Balaban J connectivity index is 1.71. The number of aryl methyl sites for hydroxylation is 2. The lowest BCUT2D eigenvalue weighted by molar-refractivity contribution is -0.113. The van der Waals surface area contributed by atoms with E-state index in [9.17, 15) is 4.79 Å². The van der Waals surface area contributed by atoms with Crippen LogP contribution in [-0.2, 0) is 11.3 Å². The molecule has 28 heavy (non-hydrogen) atoms. The number of hydrogen-bond acceptors (Lipinski definition) is 4. The molecule has 1 aromatic heterocycles. The highest BCUT2D eigenvalue weighted by molar-refractivity contribution is 7.99. The van der Waals surface area contributed by atoms with Crippen molar-refractivity contribution < 1.29 is 4.79 Å². The molecule has 146 valence electrons. The molecule has 2 aromatic carbocycles. The summed E-state index contributed by atoms with van der Waals surface area (Å²) in [7, 11) is 0. The molecule has 3 rings (SSSR count). The first kappa shape index (κ1) is 20.4. The first-order valence-electron chi connectivity index (χ1n) is 9.16. The van der Waals surface area contributed by atoms with E-state index in [0.717, 1.165) is 46.3 Å². The number of halogens is 1. The lowest BCUT2D eigenvalue weighted by atomic mass is 10.1. The Morgan fingerprint density at radius 2 is 1.79 bits per heavy atom. The SMILES string of the molecule is CCCn1c(SCC(=O)Nc2cc(C)cc(C)c2)nnc1-c1ccc(Cl)cc1. The van der Waals surface area contributed by atoms with Crippen molar-refractivity contribution in [2.24, 2.45) is 0 Å². The molecule has 0 aliphatic heterocycles. The number of nitrogens with one attached hydrogen (secondary N) is 1. The maximum absolute atomic E-state index is 12.4. The van der Waals surface area contributed by atoms with Crippen LogP contribution in [0.5, 0.6) is 0 Å². The molecule has 0 saturated heterocycles. The van der Waals surface area contributed by atoms with Crippen molar-refractivity contribution in [3.63, 3.8) is 0 Å². The van der Waals surface area contributed by atoms with Crippen molar-refractivity contribution in [3.05, 3.63) is 58.6 Å². The van der Waals surface area contributed by atoms with Gasteiger partial charge in [0.1, 0.15) is 0 Å². The van der Waals surface area contributed by atoms with Crippen LogP contribution in [0.4, 0.5) is 5.69 Å². The fourth-order valence-corrected chi connectivity index (χ4v) is 3.90. The van der Waals surface area contributed by atoms with Crippen LogP contribution in [0.25, 0.3) is 11.4 Å². The van der Waals surface area contributed by atoms with E-state index < -0.39 is 0 Å². The molecule has 0 saturated carbocycles. The molecule has 0 radical (unpaired) electrons. The van der Waals surface area contributed by atoms with Crippen LogP contribution in [0, 0.1) is 13.8 Å². The van der Waals surface area contributed by atoms with Crippen LogP contribution in [0.15, 0.2) is 47.6 Å². The van der Waals surface area contributed by atoms with Crippen molar-refractivity contribution in [3.8, 4) is 11.4 Å². The Hall–Kier alpha value is -2.31. The minimum absolute atomic E-state index is 0.0610. The van der Waals surface area contributed by atoms with E-state index in [1.54, 1.807) is 0 Å². The van der Waals surface area contributed by atoms with Gasteiger partial charge in [-0.2, -0.15) is 0 Å². The van der Waals surface area contributed by atoms with Gasteiger partial charge in [-0.3, -0.25) is 4.79 Å². The smallest absolute Gasteiger partial charge is 0.234 e. The summed E-state index contributed by atoms with van der Waals surface area (Å²) in [6, 6.07) is 13.6. The summed E-state index contributed by atoms with van der Waals surface area (Å²) in [6.07, 6.45) is 0.945. The number of hydrogen-bond donors (Lipinski definition) is 1. The number of anilines is 1. The molecule has 3 aromatic rings. The van der Waals surface area contributed by atoms with Gasteiger partial charge in [-0.1, -0.05) is 36.4 Å². The fourth-order valence-electron chi connectivity index (χ4n) is 3.01. The minimum atomic E-state index is -0.0610. The van der Waals surface area contributed by atoms with Gasteiger partial charge in [0.25, 0.3) is 0 Å². The van der Waals surface area contributed by atoms with Gasteiger partial charge in [-0.25, -0.2) is 0 Å². The zero-order valence-electron chi connectivity index (χ0n) is 16.2. The third kappa shape index (κ3) is 5.14. The van der Waals surface area contributed by atoms with E-state index in [2.05, 4.69) is 33.1 Å². The molecule has 1 heterocycles. The number of carbonyl (C=O) groups excluding carboxylic acids is 1. The second-order valence-corrected chi connectivity index (χ2v) is 8.06. The van der Waals surface area contributed by atoms with E-state index in [0.29, 0.717) is 5.02 Å². The Morgan fingerprint density at radius 3 is 2.43 bits per heavy atom. The fraction of sp³-hybridized carbons (Fsp3) is 0.286. The van der Waals surface area contributed by atoms with Gasteiger partial charge >= 0.3 is 0 Å². The molecule has 0 atom stereocenters. The molecular formula is C21H23ClN4OS. The predicted octanol–water partition coefficient (Wildman–Crippen LogP) is 5.36. The van der Waals surface area contributed by atoms with Gasteiger partial charge in [-0.05, 0) is 67.8 Å². The summed E-state index contributed by atoms with van der Waals surface area (Å²) >= 11 is 7.38. The summed E-state index contributed by atoms with van der Waals surface area (Å²) in [5.41, 5.74) is 4.02. The van der Waals surface area contributed by atoms with Crippen molar-refractivity contribution in [1.29, 1.82) is 0 Å². The normalized spacial score (nSPS) is 10.9. The highest BCUT2D eigenvalue weighted by atomic mass is 35.5. The number of amides is 1. The quantitative estimate of drug-likeness (QED) is 0.529. The molecule has 0 aliphatic rings.